The third kappa shape index (κ3) is 16.2. The van der Waals surface area contributed by atoms with E-state index in [2.05, 4.69) is 12.3 Å². The Hall–Kier alpha value is -0.300. The quantitative estimate of drug-likeness (QED) is 0.148. The van der Waals surface area contributed by atoms with Gasteiger partial charge in [-0.15, -0.1) is 0 Å². The van der Waals surface area contributed by atoms with E-state index in [4.69, 9.17) is 27.6 Å². The van der Waals surface area contributed by atoms with Gasteiger partial charge in [-0.3, -0.25) is 8.42 Å². The van der Waals surface area contributed by atoms with E-state index in [0.717, 1.165) is 24.8 Å². The number of aliphatic hydroxyl groups excluding tert-OH is 1. The van der Waals surface area contributed by atoms with Crippen LogP contribution in [0, 0.1) is 5.41 Å². The van der Waals surface area contributed by atoms with Gasteiger partial charge in [-0.1, -0.05) is 113 Å². The van der Waals surface area contributed by atoms with Crippen LogP contribution in [0.3, 0.4) is 0 Å². The van der Waals surface area contributed by atoms with Crippen LogP contribution in [0.4, 0.5) is 0 Å². The molecule has 1 atom stereocenters. The summed E-state index contributed by atoms with van der Waals surface area (Å²) in [6.45, 7) is 2.22. The molecule has 0 spiro atoms. The van der Waals surface area contributed by atoms with Crippen molar-refractivity contribution >= 4 is 37.4 Å². The number of rotatable bonds is 15. The second-order valence-electron chi connectivity index (χ2n) is 8.40. The topological polar surface area (TPSA) is 54.4 Å². The Morgan fingerprint density at radius 1 is 0.857 bits per heavy atom. The van der Waals surface area contributed by atoms with Gasteiger partial charge in [0.2, 0.25) is 0 Å². The van der Waals surface area contributed by atoms with Crippen LogP contribution < -0.4 is 0 Å². The Bertz CT molecular complexity index is 920. The molecule has 0 aliphatic carbocycles. The fourth-order valence-electron chi connectivity index (χ4n) is 3.69. The van der Waals surface area contributed by atoms with E-state index in [1.54, 1.807) is 30.3 Å². The van der Waals surface area contributed by atoms with Crippen molar-refractivity contribution in [3.05, 3.63) is 77.2 Å². The number of unbranched alkanes of at least 4 members (excludes halogenated alkanes) is 7. The summed E-state index contributed by atoms with van der Waals surface area (Å²) in [5, 5.41) is 13.5. The molecule has 0 aliphatic rings. The molecule has 1 unspecified atom stereocenters. The van der Waals surface area contributed by atoms with Gasteiger partial charge < -0.3 is 10.5 Å². The summed E-state index contributed by atoms with van der Waals surface area (Å²) in [4.78, 5) is 0.221. The van der Waals surface area contributed by atoms with Crippen molar-refractivity contribution in [3.63, 3.8) is 0 Å². The zero-order chi connectivity index (χ0) is 25.9. The Kier molecular flexibility index (Phi) is 18.5. The molecule has 0 aromatic heterocycles. The van der Waals surface area contributed by atoms with E-state index < -0.39 is 31.1 Å². The molecule has 8 heteroatoms. The Morgan fingerprint density at radius 3 is 1.89 bits per heavy atom. The van der Waals surface area contributed by atoms with Crippen molar-refractivity contribution in [2.24, 2.45) is 0 Å². The predicted octanol–water partition coefficient (Wildman–Crippen LogP) is 8.74. The molecule has 0 saturated heterocycles. The summed E-state index contributed by atoms with van der Waals surface area (Å²) in [5.41, 5.74) is 1.64. The molecular weight excluding hydrogens is 692 g/mol. The molecule has 0 amide bonds. The van der Waals surface area contributed by atoms with Crippen LogP contribution in [-0.2, 0) is 31.5 Å². The van der Waals surface area contributed by atoms with Crippen LogP contribution in [0.5, 0.6) is 0 Å². The van der Waals surface area contributed by atoms with Crippen LogP contribution in [0.25, 0.3) is 0 Å². The van der Waals surface area contributed by atoms with Gasteiger partial charge in [0, 0.05) is 20.8 Å². The van der Waals surface area contributed by atoms with Crippen molar-refractivity contribution in [1.82, 2.24) is 0 Å². The van der Waals surface area contributed by atoms with E-state index in [9.17, 15) is 13.5 Å². The number of aryl methyl sites for hydroxylation is 1. The molecule has 0 radical (unpaired) electrons. The normalized spacial score (nSPS) is 12.8. The van der Waals surface area contributed by atoms with E-state index in [1.807, 2.05) is 30.3 Å². The maximum absolute atomic E-state index is 12.8. The average Bonchev–Trinajstić information content (AvgIpc) is 2.84. The minimum atomic E-state index is -3.69. The third-order valence-corrected chi connectivity index (χ3v) is 6.99. The molecule has 0 bridgehead atoms. The van der Waals surface area contributed by atoms with Gasteiger partial charge in [0.05, 0.1) is 0 Å². The molecule has 0 fully saturated rings. The summed E-state index contributed by atoms with van der Waals surface area (Å²) < 4.78 is 25.6. The first-order valence-corrected chi connectivity index (χ1v) is 25.6. The van der Waals surface area contributed by atoms with Crippen LogP contribution in [0.15, 0.2) is 71.1 Å². The second kappa shape index (κ2) is 19.8. The number of benzene rings is 2. The van der Waals surface area contributed by atoms with Gasteiger partial charge in [-0.2, -0.15) is 0 Å². The van der Waals surface area contributed by atoms with Gasteiger partial charge in [0.1, 0.15) is 0 Å². The molecule has 0 aliphatic heterocycles. The number of sulfone groups is 1. The fraction of sp³-hybridized carbons (Fsp3) is 0.481. The monoisotopic (exact) mass is 727 g/mol. The van der Waals surface area contributed by atoms with Crippen molar-refractivity contribution in [2.45, 2.75) is 88.6 Å². The van der Waals surface area contributed by atoms with Gasteiger partial charge in [0.25, 0.3) is 0 Å². The van der Waals surface area contributed by atoms with Crippen molar-refractivity contribution in [3.8, 4) is 0 Å². The Labute approximate surface area is 230 Å². The van der Waals surface area contributed by atoms with Gasteiger partial charge in [-0.25, -0.2) is 5.57 Å². The van der Waals surface area contributed by atoms with E-state index in [0.29, 0.717) is 24.8 Å². The van der Waals surface area contributed by atoms with Crippen molar-refractivity contribution in [2.75, 3.05) is 0 Å². The summed E-state index contributed by atoms with van der Waals surface area (Å²) in [6.07, 6.45) is 10.4. The first-order chi connectivity index (χ1) is 16.8. The third-order valence-electron chi connectivity index (χ3n) is 5.57. The molecule has 2 aromatic carbocycles. The van der Waals surface area contributed by atoms with Crippen LogP contribution in [0.2, 0.25) is 0 Å². The average molecular weight is 729 g/mol. The standard InChI is InChI=1S/C27H37O3S.3ClH.Ta/c1-2-3-4-5-6-7-8-13-18-25(23-31(29,30)26-19-14-10-15-20-26)27(28)22-21-24-16-11-9-12-17-24;;;;/h9-12,14-17,19-20,27-28H,2-8,13,18,21-22H2,1H3;3*1H;/q-1;;;;+3/p-3. The Morgan fingerprint density at radius 2 is 1.34 bits per heavy atom. The molecule has 196 valence electrons. The fourth-order valence-corrected chi connectivity index (χ4v) is 4.91. The van der Waals surface area contributed by atoms with Crippen LogP contribution in [-0.4, -0.2) is 19.6 Å². The first-order valence-electron chi connectivity index (χ1n) is 12.2. The van der Waals surface area contributed by atoms with Gasteiger partial charge in [-0.05, 0) is 30.5 Å². The summed E-state index contributed by atoms with van der Waals surface area (Å²) in [7, 11) is 11.3. The molecule has 3 nitrogen and oxygen atoms in total. The molecule has 2 aromatic rings. The molecule has 1 N–H and O–H groups in total. The van der Waals surface area contributed by atoms with Crippen LogP contribution in [0.1, 0.15) is 76.7 Å². The van der Waals surface area contributed by atoms with Crippen molar-refractivity contribution in [1.29, 1.82) is 0 Å². The number of aliphatic hydroxyl groups is 1. The van der Waals surface area contributed by atoms with Crippen LogP contribution >= 0.6 is 27.6 Å². The summed E-state index contributed by atoms with van der Waals surface area (Å²) in [6, 6.07) is 18.3. The minimum absolute atomic E-state index is 0.221. The van der Waals surface area contributed by atoms with E-state index in [-0.39, 0.29) is 4.90 Å². The number of halogens is 3. The molecule has 35 heavy (non-hydrogen) atoms. The van der Waals surface area contributed by atoms with Gasteiger partial charge in [0.15, 0.2) is 0 Å². The summed E-state index contributed by atoms with van der Waals surface area (Å²) in [5.74, 6) is 0. The SMILES string of the molecule is CCCCCCCCCCC(=[C-]S(=O)(=O)c1ccccc1)C(O)CCc1ccccc1.[Cl][Ta]([Cl])[Cl]. The Balaban J connectivity index is 0.00000142. The van der Waals surface area contributed by atoms with Gasteiger partial charge >= 0.3 is 42.8 Å². The van der Waals surface area contributed by atoms with Crippen molar-refractivity contribution < 1.29 is 28.7 Å². The molecule has 0 saturated carbocycles. The number of hydrogen-bond acceptors (Lipinski definition) is 3. The maximum atomic E-state index is 12.8. The van der Waals surface area contributed by atoms with E-state index in [1.165, 1.54) is 32.1 Å². The summed E-state index contributed by atoms with van der Waals surface area (Å²) >= 11 is -2.18. The molecule has 2 rings (SSSR count). The number of hydrogen-bond donors (Lipinski definition) is 1. The zero-order valence-electron chi connectivity index (χ0n) is 20.4. The van der Waals surface area contributed by atoms with E-state index >= 15 is 0 Å². The predicted molar refractivity (Wildman–Crippen MR) is 146 cm³/mol. The second-order valence-corrected chi connectivity index (χ2v) is 24.0. The zero-order valence-corrected chi connectivity index (χ0v) is 26.7. The molecule has 0 heterocycles. The first kappa shape index (κ1) is 32.7. The molecular formula is C27H37Cl3O3STa-.